The molecule has 0 spiro atoms. The molecule has 2 unspecified atom stereocenters. The van der Waals surface area contributed by atoms with Gasteiger partial charge in [0.2, 0.25) is 0 Å². The lowest BCUT2D eigenvalue weighted by Crippen LogP contribution is -2.41. The zero-order chi connectivity index (χ0) is 13.3. The molecule has 2 nitrogen and oxygen atoms in total. The molecule has 1 aromatic carbocycles. The molecule has 1 aliphatic rings. The molecular formula is C16H23NO. The van der Waals surface area contributed by atoms with E-state index < -0.39 is 0 Å². The number of hydrogen-bond donors (Lipinski definition) is 1. The Morgan fingerprint density at radius 3 is 2.39 bits per heavy atom. The molecule has 0 bridgehead atoms. The fourth-order valence-corrected chi connectivity index (χ4v) is 2.82. The van der Waals surface area contributed by atoms with Crippen molar-refractivity contribution in [2.24, 2.45) is 11.1 Å². The Kier molecular flexibility index (Phi) is 3.58. The van der Waals surface area contributed by atoms with Crippen LogP contribution in [0.4, 0.5) is 0 Å². The molecule has 0 aromatic heterocycles. The van der Waals surface area contributed by atoms with Gasteiger partial charge in [-0.25, -0.2) is 0 Å². The summed E-state index contributed by atoms with van der Waals surface area (Å²) in [5, 5.41) is 0. The van der Waals surface area contributed by atoms with Crippen LogP contribution in [0, 0.1) is 5.41 Å². The van der Waals surface area contributed by atoms with E-state index in [1.165, 1.54) is 5.56 Å². The number of carbonyl (C=O) groups excluding carboxylic acids is 1. The van der Waals surface area contributed by atoms with Crippen LogP contribution in [0.3, 0.4) is 0 Å². The Hall–Kier alpha value is -1.15. The molecule has 2 heteroatoms. The molecule has 0 aliphatic heterocycles. The minimum absolute atomic E-state index is 0.00905. The summed E-state index contributed by atoms with van der Waals surface area (Å²) < 4.78 is 0. The molecule has 0 saturated heterocycles. The number of nitrogens with two attached hydrogens (primary N) is 1. The highest BCUT2D eigenvalue weighted by Gasteiger charge is 2.42. The van der Waals surface area contributed by atoms with Crippen molar-refractivity contribution < 1.29 is 4.79 Å². The van der Waals surface area contributed by atoms with Gasteiger partial charge in [0.05, 0.1) is 0 Å². The molecule has 1 saturated carbocycles. The van der Waals surface area contributed by atoms with Gasteiger partial charge < -0.3 is 5.73 Å². The van der Waals surface area contributed by atoms with Crippen LogP contribution < -0.4 is 5.73 Å². The predicted octanol–water partition coefficient (Wildman–Crippen LogP) is 3.51. The van der Waals surface area contributed by atoms with Crippen molar-refractivity contribution in [3.63, 3.8) is 0 Å². The molecule has 98 valence electrons. The first kappa shape index (κ1) is 13.3. The number of carbonyl (C=O) groups is 1. The summed E-state index contributed by atoms with van der Waals surface area (Å²) in [5.74, 6) is 0.710. The van der Waals surface area contributed by atoms with Crippen LogP contribution in [0.1, 0.15) is 61.9 Å². The van der Waals surface area contributed by atoms with Crippen LogP contribution in [0.5, 0.6) is 0 Å². The Morgan fingerprint density at radius 2 is 1.94 bits per heavy atom. The number of ketones is 1. The van der Waals surface area contributed by atoms with Gasteiger partial charge in [0.25, 0.3) is 0 Å². The van der Waals surface area contributed by atoms with Gasteiger partial charge in [0.1, 0.15) is 0 Å². The Labute approximate surface area is 110 Å². The van der Waals surface area contributed by atoms with Crippen LogP contribution in [0.25, 0.3) is 0 Å². The van der Waals surface area contributed by atoms with Gasteiger partial charge >= 0.3 is 0 Å². The van der Waals surface area contributed by atoms with E-state index in [4.69, 9.17) is 5.73 Å². The topological polar surface area (TPSA) is 43.1 Å². The fourth-order valence-electron chi connectivity index (χ4n) is 2.82. The summed E-state index contributed by atoms with van der Waals surface area (Å²) in [6.45, 7) is 6.33. The summed E-state index contributed by atoms with van der Waals surface area (Å²) >= 11 is 0. The van der Waals surface area contributed by atoms with E-state index in [-0.39, 0.29) is 17.2 Å². The largest absolute Gasteiger partial charge is 0.327 e. The maximum absolute atomic E-state index is 12.6. The van der Waals surface area contributed by atoms with E-state index in [0.717, 1.165) is 24.8 Å². The Morgan fingerprint density at radius 1 is 1.33 bits per heavy atom. The minimum Gasteiger partial charge on any atom is -0.327 e. The van der Waals surface area contributed by atoms with Gasteiger partial charge in [-0.2, -0.15) is 0 Å². The Bertz CT molecular complexity index is 435. The zero-order valence-electron chi connectivity index (χ0n) is 11.6. The standard InChI is InChI=1S/C16H23NO/c1-11(2)12-6-8-13(9-7-12)15(18)16(3)10-4-5-14(16)17/h6-9,11,14H,4-5,10,17H2,1-3H3. The molecule has 1 aromatic rings. The Balaban J connectivity index is 2.24. The third kappa shape index (κ3) is 2.22. The molecule has 0 heterocycles. The number of benzene rings is 1. The lowest BCUT2D eigenvalue weighted by Gasteiger charge is -2.27. The van der Waals surface area contributed by atoms with Crippen molar-refractivity contribution in [2.45, 2.75) is 52.0 Å². The number of hydrogen-bond acceptors (Lipinski definition) is 2. The predicted molar refractivity (Wildman–Crippen MR) is 74.8 cm³/mol. The van der Waals surface area contributed by atoms with Crippen LogP contribution in [-0.2, 0) is 0 Å². The molecule has 2 N–H and O–H groups in total. The monoisotopic (exact) mass is 245 g/mol. The molecule has 0 radical (unpaired) electrons. The smallest absolute Gasteiger partial charge is 0.170 e. The molecular weight excluding hydrogens is 222 g/mol. The average molecular weight is 245 g/mol. The quantitative estimate of drug-likeness (QED) is 0.828. The highest BCUT2D eigenvalue weighted by atomic mass is 16.1. The molecule has 1 aliphatic carbocycles. The van der Waals surface area contributed by atoms with E-state index in [9.17, 15) is 4.79 Å². The minimum atomic E-state index is -0.362. The second-order valence-electron chi connectivity index (χ2n) is 6.02. The van der Waals surface area contributed by atoms with Crippen LogP contribution in [0.2, 0.25) is 0 Å². The highest BCUT2D eigenvalue weighted by Crippen LogP contribution is 2.39. The van der Waals surface area contributed by atoms with Gasteiger partial charge in [-0.05, 0) is 24.3 Å². The van der Waals surface area contributed by atoms with Crippen molar-refractivity contribution in [2.75, 3.05) is 0 Å². The SMILES string of the molecule is CC(C)c1ccc(C(=O)C2(C)CCCC2N)cc1. The van der Waals surface area contributed by atoms with Crippen LogP contribution >= 0.6 is 0 Å². The van der Waals surface area contributed by atoms with Crippen LogP contribution in [0.15, 0.2) is 24.3 Å². The van der Waals surface area contributed by atoms with Crippen molar-refractivity contribution in [3.05, 3.63) is 35.4 Å². The van der Waals surface area contributed by atoms with Gasteiger partial charge in [-0.3, -0.25) is 4.79 Å². The number of rotatable bonds is 3. The molecule has 2 rings (SSSR count). The first-order valence-electron chi connectivity index (χ1n) is 6.85. The summed E-state index contributed by atoms with van der Waals surface area (Å²) in [7, 11) is 0. The molecule has 18 heavy (non-hydrogen) atoms. The third-order valence-corrected chi connectivity index (χ3v) is 4.39. The first-order chi connectivity index (χ1) is 8.45. The third-order valence-electron chi connectivity index (χ3n) is 4.39. The van der Waals surface area contributed by atoms with Crippen molar-refractivity contribution >= 4 is 5.78 Å². The maximum Gasteiger partial charge on any atom is 0.170 e. The van der Waals surface area contributed by atoms with Crippen LogP contribution in [-0.4, -0.2) is 11.8 Å². The number of Topliss-reactive ketones (excluding diaryl/α,β-unsaturated/α-hetero) is 1. The van der Waals surface area contributed by atoms with Gasteiger partial charge in [-0.1, -0.05) is 51.5 Å². The summed E-state index contributed by atoms with van der Waals surface area (Å²) in [6.07, 6.45) is 2.94. The van der Waals surface area contributed by atoms with E-state index in [0.29, 0.717) is 5.92 Å². The summed E-state index contributed by atoms with van der Waals surface area (Å²) in [4.78, 5) is 12.6. The highest BCUT2D eigenvalue weighted by molar-refractivity contribution is 6.01. The first-order valence-corrected chi connectivity index (χ1v) is 6.85. The zero-order valence-corrected chi connectivity index (χ0v) is 11.6. The second-order valence-corrected chi connectivity index (χ2v) is 6.02. The van der Waals surface area contributed by atoms with Gasteiger partial charge in [-0.15, -0.1) is 0 Å². The summed E-state index contributed by atoms with van der Waals surface area (Å²) in [5.41, 5.74) is 7.82. The van der Waals surface area contributed by atoms with Crippen molar-refractivity contribution in [1.29, 1.82) is 0 Å². The van der Waals surface area contributed by atoms with Gasteiger partial charge in [0, 0.05) is 17.0 Å². The van der Waals surface area contributed by atoms with E-state index in [1.54, 1.807) is 0 Å². The van der Waals surface area contributed by atoms with Crippen molar-refractivity contribution in [3.8, 4) is 0 Å². The molecule has 1 fully saturated rings. The normalized spacial score (nSPS) is 27.7. The van der Waals surface area contributed by atoms with E-state index in [2.05, 4.69) is 26.0 Å². The molecule has 2 atom stereocenters. The molecule has 0 amide bonds. The van der Waals surface area contributed by atoms with Crippen molar-refractivity contribution in [1.82, 2.24) is 0 Å². The summed E-state index contributed by atoms with van der Waals surface area (Å²) in [6, 6.07) is 8.03. The second kappa shape index (κ2) is 4.85. The van der Waals surface area contributed by atoms with E-state index >= 15 is 0 Å². The van der Waals surface area contributed by atoms with Gasteiger partial charge in [0.15, 0.2) is 5.78 Å². The maximum atomic E-state index is 12.6. The lowest BCUT2D eigenvalue weighted by atomic mass is 9.78. The fraction of sp³-hybridized carbons (Fsp3) is 0.562. The lowest BCUT2D eigenvalue weighted by molar-refractivity contribution is 0.0802. The van der Waals surface area contributed by atoms with E-state index in [1.807, 2.05) is 19.1 Å². The average Bonchev–Trinajstić information content (AvgIpc) is 2.70.